The van der Waals surface area contributed by atoms with E-state index in [1.807, 2.05) is 29.0 Å². The van der Waals surface area contributed by atoms with Gasteiger partial charge in [-0.2, -0.15) is 0 Å². The molecule has 0 radical (unpaired) electrons. The number of hydrogen-bond donors (Lipinski definition) is 1. The maximum Gasteiger partial charge on any atom is 0.231 e. The van der Waals surface area contributed by atoms with Crippen molar-refractivity contribution in [1.29, 1.82) is 0 Å². The Morgan fingerprint density at radius 2 is 2.16 bits per heavy atom. The summed E-state index contributed by atoms with van der Waals surface area (Å²) in [5, 5.41) is 3.32. The maximum atomic E-state index is 12.3. The molecule has 4 heteroatoms. The first-order chi connectivity index (χ1) is 9.34. The fourth-order valence-corrected chi connectivity index (χ4v) is 2.53. The Balaban J connectivity index is 1.69. The number of nitrogens with zero attached hydrogens (tertiary/aromatic N) is 2. The summed E-state index contributed by atoms with van der Waals surface area (Å²) in [5.74, 6) is 0.181. The fourth-order valence-electron chi connectivity index (χ4n) is 2.53. The number of aromatic nitrogens is 2. The van der Waals surface area contributed by atoms with Crippen LogP contribution in [-0.2, 0) is 19.4 Å². The normalized spacial score (nSPS) is 14.1. The molecule has 4 nitrogen and oxygen atoms in total. The van der Waals surface area contributed by atoms with Gasteiger partial charge in [0.25, 0.3) is 0 Å². The van der Waals surface area contributed by atoms with Crippen molar-refractivity contribution in [2.24, 2.45) is 0 Å². The highest BCUT2D eigenvalue weighted by molar-refractivity contribution is 5.80. The summed E-state index contributed by atoms with van der Waals surface area (Å²) < 4.78 is 1.83. The average Bonchev–Trinajstić information content (AvgIpc) is 2.90. The zero-order valence-electron chi connectivity index (χ0n) is 10.8. The number of hydrogen-bond acceptors (Lipinski definition) is 3. The van der Waals surface area contributed by atoms with Crippen LogP contribution in [0, 0.1) is 0 Å². The van der Waals surface area contributed by atoms with Crippen LogP contribution in [0.4, 0.5) is 0 Å². The summed E-state index contributed by atoms with van der Waals surface area (Å²) in [6, 6.07) is 5.97. The van der Waals surface area contributed by atoms with Gasteiger partial charge in [-0.15, -0.1) is 0 Å². The van der Waals surface area contributed by atoms with Crippen LogP contribution in [0.25, 0.3) is 0 Å². The van der Waals surface area contributed by atoms with E-state index < -0.39 is 0 Å². The van der Waals surface area contributed by atoms with Crippen LogP contribution in [-0.4, -0.2) is 22.0 Å². The minimum atomic E-state index is 0.181. The van der Waals surface area contributed by atoms with Crippen LogP contribution < -0.4 is 5.32 Å². The summed E-state index contributed by atoms with van der Waals surface area (Å²) in [6.07, 6.45) is 7.69. The summed E-state index contributed by atoms with van der Waals surface area (Å²) in [5.41, 5.74) is 3.59. The van der Waals surface area contributed by atoms with Crippen LogP contribution in [0.5, 0.6) is 0 Å². The molecule has 1 N–H and O–H groups in total. The zero-order chi connectivity index (χ0) is 13.1. The lowest BCUT2D eigenvalue weighted by Crippen LogP contribution is -2.26. The van der Waals surface area contributed by atoms with Gasteiger partial charge in [0, 0.05) is 50.2 Å². The second kappa shape index (κ2) is 5.36. The highest BCUT2D eigenvalue weighted by Gasteiger charge is 2.16. The van der Waals surface area contributed by atoms with Crippen molar-refractivity contribution in [3.05, 3.63) is 53.6 Å². The molecule has 0 saturated carbocycles. The number of carbonyl (C=O) groups excluding carboxylic acids is 1. The van der Waals surface area contributed by atoms with E-state index in [2.05, 4.69) is 10.3 Å². The quantitative estimate of drug-likeness (QED) is 0.909. The van der Waals surface area contributed by atoms with Gasteiger partial charge in [-0.25, -0.2) is 0 Å². The first-order valence-corrected chi connectivity index (χ1v) is 6.66. The van der Waals surface area contributed by atoms with E-state index in [-0.39, 0.29) is 5.91 Å². The van der Waals surface area contributed by atoms with Crippen LogP contribution >= 0.6 is 0 Å². The molecule has 0 bridgehead atoms. The number of pyridine rings is 1. The molecule has 2 aromatic rings. The molecule has 0 fully saturated rings. The lowest BCUT2D eigenvalue weighted by atomic mass is 10.1. The smallest absolute Gasteiger partial charge is 0.231 e. The lowest BCUT2D eigenvalue weighted by Gasteiger charge is -2.15. The topological polar surface area (TPSA) is 46.9 Å². The predicted octanol–water partition coefficient (Wildman–Crippen LogP) is 1.80. The van der Waals surface area contributed by atoms with Gasteiger partial charge in [-0.1, -0.05) is 0 Å². The summed E-state index contributed by atoms with van der Waals surface area (Å²) in [4.78, 5) is 16.3. The van der Waals surface area contributed by atoms with Gasteiger partial charge in [-0.05, 0) is 35.7 Å². The van der Waals surface area contributed by atoms with Crippen LogP contribution in [0.1, 0.15) is 28.0 Å². The molecule has 0 spiro atoms. The molecule has 19 heavy (non-hydrogen) atoms. The molecular formula is C15H17N3O. The largest absolute Gasteiger partial charge is 0.312 e. The summed E-state index contributed by atoms with van der Waals surface area (Å²) in [6.45, 7) is 1.83. The molecule has 1 aliphatic heterocycles. The van der Waals surface area contributed by atoms with Crippen molar-refractivity contribution >= 4 is 5.91 Å². The van der Waals surface area contributed by atoms with Gasteiger partial charge in [-0.3, -0.25) is 14.3 Å². The van der Waals surface area contributed by atoms with E-state index in [1.54, 1.807) is 12.4 Å². The molecule has 0 saturated heterocycles. The van der Waals surface area contributed by atoms with Gasteiger partial charge < -0.3 is 5.32 Å². The molecule has 1 aliphatic rings. The SMILES string of the molecule is O=C(CCc1ccncc1)n1ccc2c1CCNC2. The van der Waals surface area contributed by atoms with Gasteiger partial charge in [0.05, 0.1) is 0 Å². The maximum absolute atomic E-state index is 12.3. The van der Waals surface area contributed by atoms with Gasteiger partial charge in [0.1, 0.15) is 0 Å². The van der Waals surface area contributed by atoms with Crippen molar-refractivity contribution in [2.45, 2.75) is 25.8 Å². The number of fused-ring (bicyclic) bond motifs is 1. The Morgan fingerprint density at radius 1 is 1.32 bits per heavy atom. The monoisotopic (exact) mass is 255 g/mol. The first kappa shape index (κ1) is 12.1. The molecule has 0 atom stereocenters. The average molecular weight is 255 g/mol. The molecule has 3 heterocycles. The Bertz CT molecular complexity index is 574. The number of aryl methyl sites for hydroxylation is 1. The third kappa shape index (κ3) is 2.58. The predicted molar refractivity (Wildman–Crippen MR) is 73.0 cm³/mol. The second-order valence-corrected chi connectivity index (χ2v) is 4.83. The van der Waals surface area contributed by atoms with E-state index in [1.165, 1.54) is 11.3 Å². The standard InChI is InChI=1S/C15H17N3O/c19-15(2-1-12-3-7-16-8-4-12)18-10-6-13-11-17-9-5-14(13)18/h3-4,6-8,10,17H,1-2,5,9,11H2. The Hall–Kier alpha value is -1.94. The Kier molecular flexibility index (Phi) is 3.42. The van der Waals surface area contributed by atoms with Gasteiger partial charge in [0.15, 0.2) is 0 Å². The molecular weight excluding hydrogens is 238 g/mol. The third-order valence-corrected chi connectivity index (χ3v) is 3.59. The highest BCUT2D eigenvalue weighted by Crippen LogP contribution is 2.16. The Labute approximate surface area is 112 Å². The van der Waals surface area contributed by atoms with Gasteiger partial charge >= 0.3 is 0 Å². The minimum absolute atomic E-state index is 0.181. The third-order valence-electron chi connectivity index (χ3n) is 3.59. The van der Waals surface area contributed by atoms with E-state index in [4.69, 9.17) is 0 Å². The van der Waals surface area contributed by atoms with Crippen molar-refractivity contribution in [1.82, 2.24) is 14.9 Å². The van der Waals surface area contributed by atoms with Crippen molar-refractivity contribution < 1.29 is 4.79 Å². The summed E-state index contributed by atoms with van der Waals surface area (Å²) in [7, 11) is 0. The molecule has 0 aromatic carbocycles. The second-order valence-electron chi connectivity index (χ2n) is 4.83. The first-order valence-electron chi connectivity index (χ1n) is 6.66. The van der Waals surface area contributed by atoms with E-state index in [0.29, 0.717) is 6.42 Å². The van der Waals surface area contributed by atoms with E-state index in [0.717, 1.165) is 31.5 Å². The van der Waals surface area contributed by atoms with Crippen molar-refractivity contribution in [3.8, 4) is 0 Å². The molecule has 0 aliphatic carbocycles. The number of rotatable bonds is 3. The van der Waals surface area contributed by atoms with Crippen molar-refractivity contribution in [3.63, 3.8) is 0 Å². The van der Waals surface area contributed by atoms with Crippen LogP contribution in [0.2, 0.25) is 0 Å². The zero-order valence-corrected chi connectivity index (χ0v) is 10.8. The van der Waals surface area contributed by atoms with Crippen LogP contribution in [0.15, 0.2) is 36.8 Å². The van der Waals surface area contributed by atoms with Crippen LogP contribution in [0.3, 0.4) is 0 Å². The van der Waals surface area contributed by atoms with E-state index >= 15 is 0 Å². The molecule has 3 rings (SSSR count). The molecule has 0 unspecified atom stereocenters. The lowest BCUT2D eigenvalue weighted by molar-refractivity contribution is 0.0899. The number of nitrogens with one attached hydrogen (secondary N) is 1. The highest BCUT2D eigenvalue weighted by atomic mass is 16.2. The molecule has 98 valence electrons. The molecule has 2 aromatic heterocycles. The number of carbonyl (C=O) groups is 1. The van der Waals surface area contributed by atoms with E-state index in [9.17, 15) is 4.79 Å². The fraction of sp³-hybridized carbons (Fsp3) is 0.333. The minimum Gasteiger partial charge on any atom is -0.312 e. The van der Waals surface area contributed by atoms with Crippen molar-refractivity contribution in [2.75, 3.05) is 6.54 Å². The Morgan fingerprint density at radius 3 is 3.00 bits per heavy atom. The summed E-state index contributed by atoms with van der Waals surface area (Å²) >= 11 is 0. The van der Waals surface area contributed by atoms with Gasteiger partial charge in [0.2, 0.25) is 5.91 Å². The molecule has 0 amide bonds.